The largest absolute Gasteiger partial charge is 0.493 e. The summed E-state index contributed by atoms with van der Waals surface area (Å²) in [4.78, 5) is 27.1. The maximum Gasteiger partial charge on any atom is 0.252 e. The molecule has 0 saturated carbocycles. The molecule has 47 heavy (non-hydrogen) atoms. The Kier molecular flexibility index (Phi) is 12.9. The minimum absolute atomic E-state index is 0.0192. The van der Waals surface area contributed by atoms with Crippen LogP contribution < -0.4 is 15.5 Å². The first-order valence-corrected chi connectivity index (χ1v) is 17.7. The van der Waals surface area contributed by atoms with Gasteiger partial charge in [0.05, 0.1) is 30.2 Å². The summed E-state index contributed by atoms with van der Waals surface area (Å²) in [6, 6.07) is 22.9. The number of hydrazine groups is 1. The number of carbonyl (C=O) groups excluding carboxylic acids is 2. The molecule has 1 unspecified atom stereocenters. The van der Waals surface area contributed by atoms with Crippen molar-refractivity contribution in [3.05, 3.63) is 95.6 Å². The summed E-state index contributed by atoms with van der Waals surface area (Å²) >= 11 is 0. The highest BCUT2D eigenvalue weighted by atomic mass is 32.2. The van der Waals surface area contributed by atoms with E-state index in [9.17, 15) is 23.1 Å². The van der Waals surface area contributed by atoms with Gasteiger partial charge < -0.3 is 15.2 Å². The highest BCUT2D eigenvalue weighted by Gasteiger charge is 2.36. The molecule has 2 amide bonds. The second-order valence-electron chi connectivity index (χ2n) is 12.9. The van der Waals surface area contributed by atoms with Crippen molar-refractivity contribution in [1.29, 1.82) is 0 Å². The minimum atomic E-state index is -4.03. The van der Waals surface area contributed by atoms with E-state index in [0.29, 0.717) is 25.3 Å². The van der Waals surface area contributed by atoms with E-state index in [4.69, 9.17) is 4.74 Å². The molecule has 4 rings (SSSR count). The van der Waals surface area contributed by atoms with Gasteiger partial charge in [0, 0.05) is 32.5 Å². The van der Waals surface area contributed by atoms with E-state index in [1.54, 1.807) is 12.1 Å². The van der Waals surface area contributed by atoms with Crippen LogP contribution >= 0.6 is 0 Å². The Labute approximate surface area is 279 Å². The van der Waals surface area contributed by atoms with Crippen LogP contribution in [-0.4, -0.2) is 73.0 Å². The van der Waals surface area contributed by atoms with Gasteiger partial charge in [-0.2, -0.15) is 4.31 Å². The highest BCUT2D eigenvalue weighted by molar-refractivity contribution is 7.89. The average molecular weight is 665 g/mol. The maximum absolute atomic E-state index is 14.1. The summed E-state index contributed by atoms with van der Waals surface area (Å²) < 4.78 is 35.0. The van der Waals surface area contributed by atoms with E-state index in [1.807, 2.05) is 88.4 Å². The van der Waals surface area contributed by atoms with Crippen LogP contribution in [0.25, 0.3) is 0 Å². The Morgan fingerprint density at radius 3 is 2.19 bits per heavy atom. The van der Waals surface area contributed by atoms with Crippen LogP contribution in [-0.2, 0) is 39.0 Å². The maximum atomic E-state index is 14.1. The van der Waals surface area contributed by atoms with Crippen molar-refractivity contribution in [3.8, 4) is 5.75 Å². The van der Waals surface area contributed by atoms with Crippen LogP contribution in [0.2, 0.25) is 0 Å². The predicted octanol–water partition coefficient (Wildman–Crippen LogP) is 3.94. The number of nitrogens with zero attached hydrogens (tertiary/aromatic N) is 2. The molecule has 1 aliphatic rings. The van der Waals surface area contributed by atoms with E-state index in [0.717, 1.165) is 16.7 Å². The Hall–Kier alpha value is -3.77. The molecular weight excluding hydrogens is 616 g/mol. The van der Waals surface area contributed by atoms with Crippen LogP contribution in [0.15, 0.2) is 83.8 Å². The SMILES string of the molecule is CC(C)CC(=O)N(NC(=O)CNCc1ccccc1)C(Cc1ccccc1)[C@H](O)CN(CC(C)C)S(=O)(=O)c1ccc2c(c1)CCO2. The Morgan fingerprint density at radius 2 is 1.55 bits per heavy atom. The normalized spacial score (nSPS) is 14.1. The van der Waals surface area contributed by atoms with Gasteiger partial charge >= 0.3 is 0 Å². The Morgan fingerprint density at radius 1 is 0.894 bits per heavy atom. The van der Waals surface area contributed by atoms with Gasteiger partial charge in [0.15, 0.2) is 0 Å². The number of hydrogen-bond donors (Lipinski definition) is 3. The van der Waals surface area contributed by atoms with Gasteiger partial charge in [-0.15, -0.1) is 0 Å². The quantitative estimate of drug-likeness (QED) is 0.198. The van der Waals surface area contributed by atoms with E-state index in [1.165, 1.54) is 15.4 Å². The van der Waals surface area contributed by atoms with Gasteiger partial charge in [0.25, 0.3) is 5.91 Å². The molecule has 0 fully saturated rings. The molecule has 0 spiro atoms. The first-order valence-electron chi connectivity index (χ1n) is 16.3. The predicted molar refractivity (Wildman–Crippen MR) is 182 cm³/mol. The van der Waals surface area contributed by atoms with E-state index < -0.39 is 28.1 Å². The van der Waals surface area contributed by atoms with Crippen LogP contribution in [0, 0.1) is 11.8 Å². The molecule has 10 nitrogen and oxygen atoms in total. The van der Waals surface area contributed by atoms with Crippen molar-refractivity contribution in [2.24, 2.45) is 11.8 Å². The van der Waals surface area contributed by atoms with Crippen LogP contribution in [0.1, 0.15) is 50.8 Å². The zero-order chi connectivity index (χ0) is 34.0. The van der Waals surface area contributed by atoms with Crippen molar-refractivity contribution in [1.82, 2.24) is 20.1 Å². The second-order valence-corrected chi connectivity index (χ2v) is 14.8. The van der Waals surface area contributed by atoms with Gasteiger partial charge in [-0.3, -0.25) is 15.0 Å². The Balaban J connectivity index is 1.62. The first kappa shape index (κ1) is 36.1. The lowest BCUT2D eigenvalue weighted by molar-refractivity contribution is -0.148. The number of hydrogen-bond acceptors (Lipinski definition) is 7. The number of nitrogens with one attached hydrogen (secondary N) is 2. The number of fused-ring (bicyclic) bond motifs is 1. The van der Waals surface area contributed by atoms with Crippen LogP contribution in [0.5, 0.6) is 5.75 Å². The molecule has 0 bridgehead atoms. The third-order valence-corrected chi connectivity index (χ3v) is 9.70. The number of benzene rings is 3. The number of aliphatic hydroxyl groups is 1. The van der Waals surface area contributed by atoms with E-state index in [-0.39, 0.29) is 55.1 Å². The van der Waals surface area contributed by atoms with Crippen molar-refractivity contribution in [3.63, 3.8) is 0 Å². The van der Waals surface area contributed by atoms with Crippen molar-refractivity contribution < 1.29 is 27.9 Å². The lowest BCUT2D eigenvalue weighted by Crippen LogP contribution is -2.60. The topological polar surface area (TPSA) is 128 Å². The summed E-state index contributed by atoms with van der Waals surface area (Å²) in [7, 11) is -4.03. The number of rotatable bonds is 16. The lowest BCUT2D eigenvalue weighted by Gasteiger charge is -2.37. The fourth-order valence-corrected chi connectivity index (χ4v) is 7.28. The van der Waals surface area contributed by atoms with Crippen LogP contribution in [0.4, 0.5) is 0 Å². The summed E-state index contributed by atoms with van der Waals surface area (Å²) in [6.07, 6.45) is -0.400. The molecule has 3 aromatic rings. The summed E-state index contributed by atoms with van der Waals surface area (Å²) in [5, 5.41) is 16.2. The highest BCUT2D eigenvalue weighted by Crippen LogP contribution is 2.29. The van der Waals surface area contributed by atoms with Gasteiger partial charge in [-0.1, -0.05) is 88.4 Å². The fourth-order valence-electron chi connectivity index (χ4n) is 5.60. The number of carbonyl (C=O) groups is 2. The number of aliphatic hydroxyl groups excluding tert-OH is 1. The van der Waals surface area contributed by atoms with Crippen molar-refractivity contribution in [2.45, 2.75) is 70.5 Å². The molecule has 3 aromatic carbocycles. The second kappa shape index (κ2) is 16.9. The molecule has 11 heteroatoms. The van der Waals surface area contributed by atoms with Gasteiger partial charge in [-0.05, 0) is 53.1 Å². The molecule has 0 aliphatic carbocycles. The molecule has 0 aromatic heterocycles. The third-order valence-electron chi connectivity index (χ3n) is 7.88. The fraction of sp³-hybridized carbons (Fsp3) is 0.444. The number of amides is 2. The summed E-state index contributed by atoms with van der Waals surface area (Å²) in [5.41, 5.74) is 5.42. The zero-order valence-electron chi connectivity index (χ0n) is 27.8. The van der Waals surface area contributed by atoms with Gasteiger partial charge in [0.2, 0.25) is 15.9 Å². The van der Waals surface area contributed by atoms with Crippen LogP contribution in [0.3, 0.4) is 0 Å². The monoisotopic (exact) mass is 664 g/mol. The minimum Gasteiger partial charge on any atom is -0.493 e. The number of ether oxygens (including phenoxy) is 1. The molecular formula is C36H48N4O6S. The first-order chi connectivity index (χ1) is 22.4. The molecule has 1 aliphatic heterocycles. The summed E-state index contributed by atoms with van der Waals surface area (Å²) in [6.45, 7) is 8.40. The molecule has 0 saturated heterocycles. The van der Waals surface area contributed by atoms with E-state index >= 15 is 0 Å². The van der Waals surface area contributed by atoms with Crippen molar-refractivity contribution in [2.75, 3.05) is 26.2 Å². The molecule has 0 radical (unpaired) electrons. The van der Waals surface area contributed by atoms with Gasteiger partial charge in [0.1, 0.15) is 5.75 Å². The average Bonchev–Trinajstić information content (AvgIpc) is 3.51. The molecule has 2 atom stereocenters. The standard InChI is InChI=1S/C36H48N4O6S/c1-26(2)19-36(43)40(38-35(42)23-37-22-29-13-9-6-10-14-29)32(20-28-11-7-5-8-12-28)33(41)25-39(24-27(3)4)47(44,45)31-15-16-34-30(21-31)17-18-46-34/h5-16,21,26-27,32-33,37,41H,17-20,22-25H2,1-4H3,(H,38,42)/t32?,33-/m1/s1. The lowest BCUT2D eigenvalue weighted by atomic mass is 9.99. The van der Waals surface area contributed by atoms with E-state index in [2.05, 4.69) is 10.7 Å². The van der Waals surface area contributed by atoms with Gasteiger partial charge in [-0.25, -0.2) is 13.4 Å². The number of sulfonamides is 1. The summed E-state index contributed by atoms with van der Waals surface area (Å²) in [5.74, 6) is -0.204. The molecule has 3 N–H and O–H groups in total. The third kappa shape index (κ3) is 10.4. The van der Waals surface area contributed by atoms with Crippen molar-refractivity contribution >= 4 is 21.8 Å². The Bertz CT molecular complexity index is 1570. The molecule has 254 valence electrons. The molecule has 1 heterocycles. The zero-order valence-corrected chi connectivity index (χ0v) is 28.6. The smallest absolute Gasteiger partial charge is 0.252 e.